The van der Waals surface area contributed by atoms with Gasteiger partial charge in [-0.15, -0.1) is 0 Å². The fraction of sp³-hybridized carbons (Fsp3) is 0.0909. The number of nitrogens with zero attached hydrogens (tertiary/aromatic N) is 2. The Kier molecular flexibility index (Phi) is 2.96. The summed E-state index contributed by atoms with van der Waals surface area (Å²) in [5.41, 5.74) is 0. The van der Waals surface area contributed by atoms with Crippen LogP contribution < -0.4 is 4.74 Å². The zero-order chi connectivity index (χ0) is 10.5. The van der Waals surface area contributed by atoms with Crippen molar-refractivity contribution in [3.63, 3.8) is 0 Å². The maximum Gasteiger partial charge on any atom is 0.278 e. The summed E-state index contributed by atoms with van der Waals surface area (Å²) in [6.07, 6.45) is 2.06. The zero-order valence-electron chi connectivity index (χ0n) is 7.88. The largest absolute Gasteiger partial charge is 0.431 e. The van der Waals surface area contributed by atoms with Gasteiger partial charge in [0.25, 0.3) is 5.19 Å². The number of aromatic nitrogens is 1. The third-order valence-electron chi connectivity index (χ3n) is 1.73. The number of hydrogen-bond acceptors (Lipinski definition) is 4. The molecule has 3 nitrogen and oxygen atoms in total. The van der Waals surface area contributed by atoms with E-state index in [1.165, 1.54) is 11.3 Å². The summed E-state index contributed by atoms with van der Waals surface area (Å²) < 4.78 is 5.50. The molecule has 0 unspecified atom stereocenters. The highest BCUT2D eigenvalue weighted by molar-refractivity contribution is 7.13. The molecule has 1 heterocycles. The summed E-state index contributed by atoms with van der Waals surface area (Å²) in [6, 6.07) is 11.5. The van der Waals surface area contributed by atoms with Crippen LogP contribution in [-0.2, 0) is 6.42 Å². The van der Waals surface area contributed by atoms with E-state index in [-0.39, 0.29) is 0 Å². The average molecular weight is 216 g/mol. The van der Waals surface area contributed by atoms with Crippen molar-refractivity contribution in [3.8, 4) is 17.0 Å². The number of rotatable bonds is 3. The van der Waals surface area contributed by atoms with Gasteiger partial charge in [0.05, 0.1) is 12.5 Å². The lowest BCUT2D eigenvalue weighted by Gasteiger charge is -1.98. The van der Waals surface area contributed by atoms with Crippen molar-refractivity contribution in [1.82, 2.24) is 4.98 Å². The molecule has 0 aliphatic rings. The summed E-state index contributed by atoms with van der Waals surface area (Å²) >= 11 is 1.40. The summed E-state index contributed by atoms with van der Waals surface area (Å²) in [7, 11) is 0. The molecule has 4 heteroatoms. The van der Waals surface area contributed by atoms with E-state index in [0.29, 0.717) is 11.6 Å². The van der Waals surface area contributed by atoms with Crippen LogP contribution in [0.1, 0.15) is 4.88 Å². The maximum atomic E-state index is 8.51. The van der Waals surface area contributed by atoms with Crippen molar-refractivity contribution in [2.24, 2.45) is 0 Å². The lowest BCUT2D eigenvalue weighted by Crippen LogP contribution is -1.80. The van der Waals surface area contributed by atoms with Crippen LogP contribution >= 0.6 is 11.3 Å². The van der Waals surface area contributed by atoms with E-state index in [1.54, 1.807) is 6.20 Å². The van der Waals surface area contributed by atoms with Crippen molar-refractivity contribution in [1.29, 1.82) is 5.26 Å². The first-order chi connectivity index (χ1) is 7.38. The summed E-state index contributed by atoms with van der Waals surface area (Å²) in [5.74, 6) is 0.760. The Morgan fingerprint density at radius 3 is 2.87 bits per heavy atom. The molecular weight excluding hydrogens is 208 g/mol. The highest BCUT2D eigenvalue weighted by Gasteiger charge is 2.03. The quantitative estimate of drug-likeness (QED) is 0.792. The molecule has 0 saturated carbocycles. The highest BCUT2D eigenvalue weighted by Crippen LogP contribution is 2.26. The van der Waals surface area contributed by atoms with Crippen LogP contribution in [-0.4, -0.2) is 4.98 Å². The fourth-order valence-corrected chi connectivity index (χ4v) is 1.80. The normalized spacial score (nSPS) is 9.53. The first-order valence-corrected chi connectivity index (χ1v) is 5.24. The van der Waals surface area contributed by atoms with Gasteiger partial charge >= 0.3 is 0 Å². The van der Waals surface area contributed by atoms with E-state index in [4.69, 9.17) is 10.00 Å². The molecule has 0 atom stereocenters. The summed E-state index contributed by atoms with van der Waals surface area (Å²) in [6.45, 7) is 0. The number of ether oxygens (including phenoxy) is 1. The SMILES string of the molecule is N#CCc1cnc(Oc2ccccc2)s1. The number of thiazole rings is 1. The van der Waals surface area contributed by atoms with Crippen molar-refractivity contribution < 1.29 is 4.74 Å². The topological polar surface area (TPSA) is 45.9 Å². The molecule has 1 aromatic carbocycles. The molecule has 0 fully saturated rings. The smallest absolute Gasteiger partial charge is 0.278 e. The van der Waals surface area contributed by atoms with E-state index in [0.717, 1.165) is 10.6 Å². The number of para-hydroxylation sites is 1. The van der Waals surface area contributed by atoms with Crippen molar-refractivity contribution in [3.05, 3.63) is 41.4 Å². The van der Waals surface area contributed by atoms with Crippen LogP contribution in [0.5, 0.6) is 10.9 Å². The Bertz CT molecular complexity index is 473. The average Bonchev–Trinajstić information content (AvgIpc) is 2.68. The molecule has 0 amide bonds. The second kappa shape index (κ2) is 4.58. The highest BCUT2D eigenvalue weighted by atomic mass is 32.1. The van der Waals surface area contributed by atoms with Crippen LogP contribution in [0.2, 0.25) is 0 Å². The van der Waals surface area contributed by atoms with Gasteiger partial charge in [-0.3, -0.25) is 0 Å². The molecule has 0 spiro atoms. The minimum atomic E-state index is 0.385. The minimum Gasteiger partial charge on any atom is -0.431 e. The maximum absolute atomic E-state index is 8.51. The van der Waals surface area contributed by atoms with Gasteiger partial charge in [-0.2, -0.15) is 5.26 Å². The molecule has 0 bridgehead atoms. The first-order valence-electron chi connectivity index (χ1n) is 4.43. The van der Waals surface area contributed by atoms with Gasteiger partial charge in [-0.1, -0.05) is 29.5 Å². The minimum absolute atomic E-state index is 0.385. The van der Waals surface area contributed by atoms with Crippen LogP contribution in [0.4, 0.5) is 0 Å². The molecule has 0 aliphatic heterocycles. The van der Waals surface area contributed by atoms with Crippen LogP contribution in [0.3, 0.4) is 0 Å². The summed E-state index contributed by atoms with van der Waals surface area (Å²) in [4.78, 5) is 5.00. The van der Waals surface area contributed by atoms with Gasteiger partial charge in [0.15, 0.2) is 0 Å². The molecule has 15 heavy (non-hydrogen) atoms. The van der Waals surface area contributed by atoms with E-state index >= 15 is 0 Å². The Hall–Kier alpha value is -1.86. The second-order valence-electron chi connectivity index (χ2n) is 2.84. The van der Waals surface area contributed by atoms with Crippen LogP contribution in [0, 0.1) is 11.3 Å². The van der Waals surface area contributed by atoms with Gasteiger partial charge in [0.2, 0.25) is 0 Å². The van der Waals surface area contributed by atoms with E-state index < -0.39 is 0 Å². The molecule has 0 saturated heterocycles. The molecule has 0 aliphatic carbocycles. The monoisotopic (exact) mass is 216 g/mol. The van der Waals surface area contributed by atoms with Gasteiger partial charge in [0.1, 0.15) is 5.75 Å². The molecule has 74 valence electrons. The predicted molar refractivity (Wildman–Crippen MR) is 57.9 cm³/mol. The standard InChI is InChI=1S/C11H8N2OS/c12-7-6-10-8-13-11(15-10)14-9-4-2-1-3-5-9/h1-5,8H,6H2. The van der Waals surface area contributed by atoms with E-state index in [9.17, 15) is 0 Å². The van der Waals surface area contributed by atoms with Crippen molar-refractivity contribution in [2.45, 2.75) is 6.42 Å². The fourth-order valence-electron chi connectivity index (χ4n) is 1.09. The molecule has 0 N–H and O–H groups in total. The Balaban J connectivity index is 2.09. The Morgan fingerprint density at radius 1 is 1.33 bits per heavy atom. The van der Waals surface area contributed by atoms with Gasteiger partial charge in [0, 0.05) is 11.1 Å². The van der Waals surface area contributed by atoms with E-state index in [1.807, 2.05) is 30.3 Å². The second-order valence-corrected chi connectivity index (χ2v) is 3.92. The first kappa shape index (κ1) is 9.69. The molecule has 0 radical (unpaired) electrons. The lowest BCUT2D eigenvalue weighted by molar-refractivity contribution is 0.479. The number of benzene rings is 1. The van der Waals surface area contributed by atoms with Gasteiger partial charge in [-0.05, 0) is 12.1 Å². The number of nitriles is 1. The van der Waals surface area contributed by atoms with Crippen molar-refractivity contribution >= 4 is 11.3 Å². The van der Waals surface area contributed by atoms with Crippen LogP contribution in [0.25, 0.3) is 0 Å². The zero-order valence-corrected chi connectivity index (χ0v) is 8.70. The van der Waals surface area contributed by atoms with E-state index in [2.05, 4.69) is 11.1 Å². The van der Waals surface area contributed by atoms with Crippen molar-refractivity contribution in [2.75, 3.05) is 0 Å². The predicted octanol–water partition coefficient (Wildman–Crippen LogP) is 3.00. The third kappa shape index (κ3) is 2.55. The Morgan fingerprint density at radius 2 is 2.13 bits per heavy atom. The van der Waals surface area contributed by atoms with Gasteiger partial charge < -0.3 is 4.74 Å². The summed E-state index contributed by atoms with van der Waals surface area (Å²) in [5, 5.41) is 9.08. The van der Waals surface area contributed by atoms with Gasteiger partial charge in [-0.25, -0.2) is 4.98 Å². The number of hydrogen-bond donors (Lipinski definition) is 0. The molecule has 2 aromatic rings. The lowest BCUT2D eigenvalue weighted by atomic mass is 10.3. The molecule has 2 rings (SSSR count). The molecule has 1 aromatic heterocycles. The third-order valence-corrected chi connectivity index (χ3v) is 2.61. The Labute approximate surface area is 91.6 Å². The molecular formula is C11H8N2OS. The van der Waals surface area contributed by atoms with Crippen LogP contribution in [0.15, 0.2) is 36.5 Å².